The lowest BCUT2D eigenvalue weighted by molar-refractivity contribution is -0.354. The Morgan fingerprint density at radius 3 is 1.96 bits per heavy atom. The van der Waals surface area contributed by atoms with Crippen LogP contribution in [0.25, 0.3) is 0 Å². The Labute approximate surface area is 603 Å². The van der Waals surface area contributed by atoms with Gasteiger partial charge in [-0.05, 0) is 187 Å². The summed E-state index contributed by atoms with van der Waals surface area (Å²) in [7, 11) is 0. The first kappa shape index (κ1) is 75.9. The molecular weight excluding hydrogens is 1280 g/mol. The summed E-state index contributed by atoms with van der Waals surface area (Å²) < 4.78 is 82.1. The molecule has 17 heteroatoms. The molecule has 8 fully saturated rings. The van der Waals surface area contributed by atoms with E-state index in [2.05, 4.69) is 96.4 Å². The van der Waals surface area contributed by atoms with Crippen LogP contribution in [0.15, 0.2) is 103 Å². The van der Waals surface area contributed by atoms with E-state index in [4.69, 9.17) is 56.8 Å². The fourth-order valence-corrected chi connectivity index (χ4v) is 20.2. The lowest BCUT2D eigenvalue weighted by Crippen LogP contribution is -2.66. The van der Waals surface area contributed by atoms with E-state index in [0.29, 0.717) is 70.3 Å². The minimum atomic E-state index is -1.26. The Kier molecular flexibility index (Phi) is 23.3. The van der Waals surface area contributed by atoms with E-state index < -0.39 is 96.5 Å². The summed E-state index contributed by atoms with van der Waals surface area (Å²) >= 11 is 0. The zero-order valence-electron chi connectivity index (χ0n) is 63.5. The summed E-state index contributed by atoms with van der Waals surface area (Å²) in [5, 5.41) is 6.24. The number of allylic oxidation sites excluding steroid dienone is 2. The van der Waals surface area contributed by atoms with Gasteiger partial charge in [0, 0.05) is 24.8 Å². The molecule has 4 saturated carbocycles. The first-order chi connectivity index (χ1) is 48.0. The van der Waals surface area contributed by atoms with Gasteiger partial charge >= 0.3 is 12.1 Å². The topological polar surface area (TPSA) is 186 Å². The number of fused-ring (bicyclic) bond motifs is 8. The average Bonchev–Trinajstić information content (AvgIpc) is 1.04. The molecule has 0 radical (unpaired) electrons. The van der Waals surface area contributed by atoms with Crippen molar-refractivity contribution in [2.24, 2.45) is 68.5 Å². The van der Waals surface area contributed by atoms with Gasteiger partial charge in [-0.1, -0.05) is 171 Å². The Bertz CT molecular complexity index is 3290. The van der Waals surface area contributed by atoms with Crippen LogP contribution in [0.4, 0.5) is 4.79 Å². The fourth-order valence-electron chi connectivity index (χ4n) is 20.2. The van der Waals surface area contributed by atoms with E-state index >= 15 is 4.79 Å². The predicted octanol–water partition coefficient (Wildman–Crippen LogP) is 15.9. The molecule has 3 aromatic carbocycles. The molecule has 0 bridgehead atoms. The standard InChI is InChI=1S/C84H122N2O15/c1-52-37-39-81(13)60(53(52)2)38-40-83(15)65(81)36-35-61-62-46-79(9,10)41-43-84(62,44-42-82(61,83)14)76(88)98-74-69(54(3)67(63(95-74)50-90-47-57-28-20-16-21-29-57)86-66(87)34-26-19-27-45-85-77(89)101-78(6,7)8)96-75-72-71(99-80(11,12)100-72)70(56(5)94-75)97-73-55(4)68(92-49-59-32-24-18-25-33-59)64(51-93-73)91-48-58-30-22-17-23-31-58/h16-18,20-25,28-33,35,52-56,60,62-65,67-75H,19,26-27,34,36-51H2,1-15H3,(H,85,89)(H,86,87)/t52-,53?,54?,55?,56?,60-,62?,63?,64+,65?,67+,68?,69?,70-,71?,72?,73-,74-,75-,81?,82+,83+,84-/m0/s1. The number of rotatable bonds is 23. The summed E-state index contributed by atoms with van der Waals surface area (Å²) in [5.74, 6) is 0.324. The summed E-state index contributed by atoms with van der Waals surface area (Å²) in [4.78, 5) is 43.4. The highest BCUT2D eigenvalue weighted by Crippen LogP contribution is 2.75. The molecule has 2 amide bonds. The van der Waals surface area contributed by atoms with Crippen LogP contribution in [-0.2, 0) is 86.3 Å². The SMILES string of the molecule is CC1C(OCc2ccccc2)[C@H](OCc2ccccc2)CO[C@H]1O[C@H]1C(C)O[C@@H](OC2C(C)[C@@H](NC(=O)CCCCCNC(=O)OC(C)(C)C)C(COCc3ccccc3)O[C@H]2OC(=O)[C@]23CCC(C)(C)CC2C2=CCC4C5(C)CC[C@H](C)C(C)[C@@H]5CC[C@@]4(C)[C@]2(C)CC3)C2OC(C)(C)OC21. The average molecular weight is 1400 g/mol. The highest BCUT2D eigenvalue weighted by atomic mass is 16.8. The molecule has 101 heavy (non-hydrogen) atoms. The van der Waals surface area contributed by atoms with Crippen molar-refractivity contribution >= 4 is 18.0 Å². The van der Waals surface area contributed by atoms with Crippen molar-refractivity contribution in [2.75, 3.05) is 19.8 Å². The van der Waals surface area contributed by atoms with Gasteiger partial charge in [0.1, 0.15) is 42.2 Å². The number of benzene rings is 3. The number of hydrogen-bond donors (Lipinski definition) is 2. The van der Waals surface area contributed by atoms with Crippen molar-refractivity contribution < 1.29 is 71.2 Å². The normalized spacial score (nSPS) is 39.4. The van der Waals surface area contributed by atoms with E-state index in [-0.39, 0.29) is 71.1 Å². The second-order valence-corrected chi connectivity index (χ2v) is 35.1. The molecule has 4 aliphatic heterocycles. The molecule has 23 atom stereocenters. The van der Waals surface area contributed by atoms with Gasteiger partial charge in [0.15, 0.2) is 18.4 Å². The van der Waals surface area contributed by atoms with Crippen molar-refractivity contribution in [3.05, 3.63) is 119 Å². The van der Waals surface area contributed by atoms with Crippen molar-refractivity contribution in [2.45, 2.75) is 299 Å². The van der Waals surface area contributed by atoms with Crippen molar-refractivity contribution in [1.29, 1.82) is 0 Å². The molecule has 4 heterocycles. The number of hydrogen-bond acceptors (Lipinski definition) is 15. The van der Waals surface area contributed by atoms with Gasteiger partial charge < -0.3 is 67.5 Å². The molecule has 0 aromatic heterocycles. The summed E-state index contributed by atoms with van der Waals surface area (Å²) in [6.07, 6.45) is 5.93. The van der Waals surface area contributed by atoms with Gasteiger partial charge in [-0.15, -0.1) is 0 Å². The number of carbonyl (C=O) groups excluding carboxylic acids is 3. The van der Waals surface area contributed by atoms with E-state index in [1.807, 2.05) is 115 Å². The number of alkyl carbamates (subject to hydrolysis) is 1. The van der Waals surface area contributed by atoms with Crippen LogP contribution in [0.3, 0.4) is 0 Å². The van der Waals surface area contributed by atoms with Gasteiger partial charge in [0.05, 0.1) is 56.7 Å². The van der Waals surface area contributed by atoms with Gasteiger partial charge in [-0.3, -0.25) is 9.59 Å². The van der Waals surface area contributed by atoms with Crippen LogP contribution in [0.1, 0.15) is 210 Å². The van der Waals surface area contributed by atoms with Crippen LogP contribution >= 0.6 is 0 Å². The Hall–Kier alpha value is -4.79. The lowest BCUT2D eigenvalue weighted by atomic mass is 9.34. The number of carbonyl (C=O) groups is 3. The second kappa shape index (κ2) is 31.0. The van der Waals surface area contributed by atoms with Gasteiger partial charge in [-0.2, -0.15) is 0 Å². The summed E-state index contributed by atoms with van der Waals surface area (Å²) in [6.45, 7) is 34.8. The second-order valence-electron chi connectivity index (χ2n) is 35.1. The van der Waals surface area contributed by atoms with Crippen LogP contribution in [0.2, 0.25) is 0 Å². The van der Waals surface area contributed by atoms with Crippen molar-refractivity contribution in [1.82, 2.24) is 10.6 Å². The first-order valence-corrected chi connectivity index (χ1v) is 38.7. The zero-order valence-corrected chi connectivity index (χ0v) is 63.5. The van der Waals surface area contributed by atoms with E-state index in [1.54, 1.807) is 0 Å². The van der Waals surface area contributed by atoms with Crippen molar-refractivity contribution in [3.8, 4) is 0 Å². The molecule has 12 rings (SSSR count). The van der Waals surface area contributed by atoms with Crippen LogP contribution < -0.4 is 10.6 Å². The first-order valence-electron chi connectivity index (χ1n) is 38.7. The van der Waals surface area contributed by atoms with E-state index in [0.717, 1.165) is 54.2 Å². The molecule has 9 aliphatic rings. The van der Waals surface area contributed by atoms with Crippen LogP contribution in [-0.4, -0.2) is 123 Å². The molecular formula is C84H122N2O15. The molecule has 0 spiro atoms. The number of amides is 2. The van der Waals surface area contributed by atoms with Crippen LogP contribution in [0.5, 0.6) is 0 Å². The quantitative estimate of drug-likeness (QED) is 0.0518. The number of unbranched alkanes of at least 4 members (excludes halogenated alkanes) is 2. The lowest BCUT2D eigenvalue weighted by Gasteiger charge is -2.70. The maximum absolute atomic E-state index is 16.5. The van der Waals surface area contributed by atoms with Gasteiger partial charge in [-0.25, -0.2) is 4.79 Å². The molecule has 558 valence electrons. The maximum atomic E-state index is 16.5. The third-order valence-corrected chi connectivity index (χ3v) is 26.3. The predicted molar refractivity (Wildman–Crippen MR) is 385 cm³/mol. The molecule has 17 nitrogen and oxygen atoms in total. The molecule has 4 saturated heterocycles. The Morgan fingerprint density at radius 2 is 1.28 bits per heavy atom. The number of ether oxygens (including phenoxy) is 12. The minimum Gasteiger partial charge on any atom is -0.444 e. The zero-order chi connectivity index (χ0) is 71.9. The monoisotopic (exact) mass is 1400 g/mol. The highest BCUT2D eigenvalue weighted by Gasteiger charge is 2.69. The highest BCUT2D eigenvalue weighted by molar-refractivity contribution is 5.79. The van der Waals surface area contributed by atoms with Crippen molar-refractivity contribution in [3.63, 3.8) is 0 Å². The molecule has 5 aliphatic carbocycles. The molecule has 12 unspecified atom stereocenters. The van der Waals surface area contributed by atoms with Gasteiger partial charge in [0.25, 0.3) is 0 Å². The smallest absolute Gasteiger partial charge is 0.407 e. The third-order valence-electron chi connectivity index (χ3n) is 26.3. The third kappa shape index (κ3) is 16.3. The summed E-state index contributed by atoms with van der Waals surface area (Å²) in [6, 6.07) is 29.6. The Balaban J connectivity index is 0.831. The number of nitrogens with one attached hydrogen (secondary N) is 2. The summed E-state index contributed by atoms with van der Waals surface area (Å²) in [5.41, 5.74) is 3.37. The maximum Gasteiger partial charge on any atom is 0.407 e. The molecule has 2 N–H and O–H groups in total. The van der Waals surface area contributed by atoms with E-state index in [1.165, 1.54) is 31.3 Å². The minimum absolute atomic E-state index is 0.00240. The molecule has 3 aromatic rings. The van der Waals surface area contributed by atoms with Gasteiger partial charge in [0.2, 0.25) is 12.2 Å². The fraction of sp³-hybridized carbons (Fsp3) is 0.726. The Morgan fingerprint density at radius 1 is 0.634 bits per heavy atom. The van der Waals surface area contributed by atoms with Crippen LogP contribution in [0, 0.1) is 68.5 Å². The number of esters is 1. The van der Waals surface area contributed by atoms with E-state index in [9.17, 15) is 9.59 Å². The largest absolute Gasteiger partial charge is 0.444 e.